The molecule has 0 bridgehead atoms. The van der Waals surface area contributed by atoms with Crippen LogP contribution in [0.5, 0.6) is 0 Å². The highest BCUT2D eigenvalue weighted by Crippen LogP contribution is 2.27. The van der Waals surface area contributed by atoms with E-state index in [1.807, 2.05) is 0 Å². The molecule has 0 radical (unpaired) electrons. The Morgan fingerprint density at radius 3 is 2.40 bits per heavy atom. The molecule has 0 saturated heterocycles. The van der Waals surface area contributed by atoms with Gasteiger partial charge in [-0.2, -0.15) is 0 Å². The average Bonchev–Trinajstić information content (AvgIpc) is 2.92. The summed E-state index contributed by atoms with van der Waals surface area (Å²) in [5.41, 5.74) is 1.15. The van der Waals surface area contributed by atoms with E-state index in [2.05, 4.69) is 43.3 Å². The van der Waals surface area contributed by atoms with Crippen LogP contribution in [0.2, 0.25) is 0 Å². The van der Waals surface area contributed by atoms with E-state index in [-0.39, 0.29) is 0 Å². The van der Waals surface area contributed by atoms with Crippen LogP contribution in [0.3, 0.4) is 0 Å². The number of hydrogen-bond acceptors (Lipinski definition) is 4. The number of anilines is 2. The van der Waals surface area contributed by atoms with Crippen molar-refractivity contribution >= 4 is 11.6 Å². The Morgan fingerprint density at radius 2 is 1.80 bits per heavy atom. The largest absolute Gasteiger partial charge is 0.370 e. The van der Waals surface area contributed by atoms with Crippen molar-refractivity contribution in [3.05, 3.63) is 11.4 Å². The van der Waals surface area contributed by atoms with Crippen LogP contribution in [-0.4, -0.2) is 22.6 Å². The number of nitrogens with zero attached hydrogens (tertiary/aromatic N) is 2. The van der Waals surface area contributed by atoms with Crippen LogP contribution in [0.15, 0.2) is 0 Å². The molecule has 1 fully saturated rings. The summed E-state index contributed by atoms with van der Waals surface area (Å²) in [6.07, 6.45) is 6.29. The molecule has 0 unspecified atom stereocenters. The second kappa shape index (κ2) is 6.91. The van der Waals surface area contributed by atoms with Gasteiger partial charge in [0, 0.05) is 24.1 Å². The lowest BCUT2D eigenvalue weighted by Crippen LogP contribution is -2.19. The predicted octanol–water partition coefficient (Wildman–Crippen LogP) is 4.08. The van der Waals surface area contributed by atoms with Crippen molar-refractivity contribution in [2.75, 3.05) is 17.2 Å². The highest BCUT2D eigenvalue weighted by Gasteiger charge is 2.18. The van der Waals surface area contributed by atoms with Crippen molar-refractivity contribution in [3.63, 3.8) is 0 Å². The lowest BCUT2D eigenvalue weighted by Gasteiger charge is -2.19. The molecule has 1 aromatic rings. The second-order valence-electron chi connectivity index (χ2n) is 6.11. The van der Waals surface area contributed by atoms with Crippen LogP contribution in [-0.2, 0) is 0 Å². The fraction of sp³-hybridized carbons (Fsp3) is 0.750. The highest BCUT2D eigenvalue weighted by atomic mass is 15.1. The summed E-state index contributed by atoms with van der Waals surface area (Å²) in [7, 11) is 0. The molecule has 0 spiro atoms. The van der Waals surface area contributed by atoms with Crippen LogP contribution in [0.4, 0.5) is 11.6 Å². The van der Waals surface area contributed by atoms with E-state index in [0.29, 0.717) is 12.0 Å². The van der Waals surface area contributed by atoms with Crippen molar-refractivity contribution < 1.29 is 0 Å². The molecule has 2 N–H and O–H groups in total. The Kier molecular flexibility index (Phi) is 5.21. The molecular formula is C16H28N4. The second-order valence-corrected chi connectivity index (χ2v) is 6.11. The van der Waals surface area contributed by atoms with Gasteiger partial charge in [-0.05, 0) is 26.2 Å². The summed E-state index contributed by atoms with van der Waals surface area (Å²) < 4.78 is 0. The monoisotopic (exact) mass is 276 g/mol. The first-order valence-corrected chi connectivity index (χ1v) is 8.00. The topological polar surface area (TPSA) is 49.8 Å². The number of nitrogens with one attached hydrogen (secondary N) is 2. The normalized spacial score (nSPS) is 15.8. The van der Waals surface area contributed by atoms with Crippen molar-refractivity contribution in [1.82, 2.24) is 9.97 Å². The third-order valence-electron chi connectivity index (χ3n) is 3.92. The molecule has 20 heavy (non-hydrogen) atoms. The lowest BCUT2D eigenvalue weighted by atomic mass is 10.2. The lowest BCUT2D eigenvalue weighted by molar-refractivity contribution is 0.732. The Bertz CT molecular complexity index is 436. The van der Waals surface area contributed by atoms with Gasteiger partial charge in [-0.3, -0.25) is 0 Å². The minimum Gasteiger partial charge on any atom is -0.370 e. The summed E-state index contributed by atoms with van der Waals surface area (Å²) in [5.74, 6) is 3.29. The molecule has 112 valence electrons. The fourth-order valence-electron chi connectivity index (χ4n) is 2.61. The standard InChI is InChI=1S/C16H28N4/c1-5-10-17-15-12(4)16(18-13-8-6-7-9-13)20-14(19-15)11(2)3/h11,13H,5-10H2,1-4H3,(H2,17,18,19,20). The Labute approximate surface area is 122 Å². The van der Waals surface area contributed by atoms with Gasteiger partial charge < -0.3 is 10.6 Å². The van der Waals surface area contributed by atoms with Gasteiger partial charge in [0.25, 0.3) is 0 Å². The number of aromatic nitrogens is 2. The van der Waals surface area contributed by atoms with Crippen molar-refractivity contribution in [3.8, 4) is 0 Å². The zero-order chi connectivity index (χ0) is 14.5. The van der Waals surface area contributed by atoms with Gasteiger partial charge in [0.15, 0.2) is 0 Å². The molecule has 2 rings (SSSR count). The van der Waals surface area contributed by atoms with Gasteiger partial charge in [-0.1, -0.05) is 33.6 Å². The van der Waals surface area contributed by atoms with Gasteiger partial charge in [0.05, 0.1) is 0 Å². The highest BCUT2D eigenvalue weighted by molar-refractivity contribution is 5.57. The minimum atomic E-state index is 0.349. The smallest absolute Gasteiger partial charge is 0.135 e. The molecule has 4 nitrogen and oxygen atoms in total. The third-order valence-corrected chi connectivity index (χ3v) is 3.92. The summed E-state index contributed by atoms with van der Waals surface area (Å²) in [6, 6.07) is 0.586. The van der Waals surface area contributed by atoms with Crippen molar-refractivity contribution in [1.29, 1.82) is 0 Å². The molecule has 0 amide bonds. The van der Waals surface area contributed by atoms with Crippen LogP contribution < -0.4 is 10.6 Å². The van der Waals surface area contributed by atoms with Crippen molar-refractivity contribution in [2.24, 2.45) is 0 Å². The van der Waals surface area contributed by atoms with Gasteiger partial charge in [-0.15, -0.1) is 0 Å². The van der Waals surface area contributed by atoms with Gasteiger partial charge in [0.1, 0.15) is 17.5 Å². The Morgan fingerprint density at radius 1 is 1.15 bits per heavy atom. The molecule has 1 aliphatic carbocycles. The van der Waals surface area contributed by atoms with Gasteiger partial charge in [-0.25, -0.2) is 9.97 Å². The SMILES string of the molecule is CCCNc1nc(C(C)C)nc(NC2CCCC2)c1C. The average molecular weight is 276 g/mol. The number of hydrogen-bond donors (Lipinski definition) is 2. The van der Waals surface area contributed by atoms with E-state index in [9.17, 15) is 0 Å². The zero-order valence-corrected chi connectivity index (χ0v) is 13.3. The molecule has 1 aromatic heterocycles. The maximum atomic E-state index is 4.74. The first kappa shape index (κ1) is 15.1. The molecule has 0 aliphatic heterocycles. The van der Waals surface area contributed by atoms with E-state index in [0.717, 1.165) is 36.0 Å². The molecular weight excluding hydrogens is 248 g/mol. The maximum Gasteiger partial charge on any atom is 0.135 e. The van der Waals surface area contributed by atoms with Crippen LogP contribution in [0.25, 0.3) is 0 Å². The summed E-state index contributed by atoms with van der Waals surface area (Å²) in [5, 5.41) is 7.06. The van der Waals surface area contributed by atoms with Crippen molar-refractivity contribution in [2.45, 2.75) is 71.8 Å². The summed E-state index contributed by atoms with van der Waals surface area (Å²) >= 11 is 0. The van der Waals surface area contributed by atoms with Gasteiger partial charge in [0.2, 0.25) is 0 Å². The molecule has 0 atom stereocenters. The molecule has 1 saturated carbocycles. The van der Waals surface area contributed by atoms with E-state index in [1.165, 1.54) is 25.7 Å². The predicted molar refractivity (Wildman–Crippen MR) is 85.5 cm³/mol. The van der Waals surface area contributed by atoms with Crippen LogP contribution in [0, 0.1) is 6.92 Å². The summed E-state index contributed by atoms with van der Waals surface area (Å²) in [6.45, 7) is 9.53. The maximum absolute atomic E-state index is 4.74. The number of rotatable bonds is 6. The quantitative estimate of drug-likeness (QED) is 0.822. The molecule has 1 heterocycles. The van der Waals surface area contributed by atoms with Gasteiger partial charge >= 0.3 is 0 Å². The molecule has 1 aliphatic rings. The van der Waals surface area contributed by atoms with E-state index < -0.39 is 0 Å². The van der Waals surface area contributed by atoms with Crippen LogP contribution >= 0.6 is 0 Å². The minimum absolute atomic E-state index is 0.349. The van der Waals surface area contributed by atoms with E-state index in [1.54, 1.807) is 0 Å². The van der Waals surface area contributed by atoms with E-state index in [4.69, 9.17) is 4.98 Å². The zero-order valence-electron chi connectivity index (χ0n) is 13.3. The fourth-order valence-corrected chi connectivity index (χ4v) is 2.61. The first-order chi connectivity index (χ1) is 9.61. The van der Waals surface area contributed by atoms with E-state index >= 15 is 0 Å². The Balaban J connectivity index is 2.24. The first-order valence-electron chi connectivity index (χ1n) is 8.00. The molecule has 0 aromatic carbocycles. The molecule has 4 heteroatoms. The third kappa shape index (κ3) is 3.62. The van der Waals surface area contributed by atoms with Crippen LogP contribution in [0.1, 0.15) is 70.2 Å². The summed E-state index contributed by atoms with van der Waals surface area (Å²) in [4.78, 5) is 9.42. The Hall–Kier alpha value is -1.32.